The highest BCUT2D eigenvalue weighted by atomic mass is 16.7. The van der Waals surface area contributed by atoms with Gasteiger partial charge in [-0.1, -0.05) is 27.7 Å². The van der Waals surface area contributed by atoms with Crippen LogP contribution >= 0.6 is 0 Å². The number of hydrogen-bond acceptors (Lipinski definition) is 5. The molecule has 0 amide bonds. The zero-order valence-electron chi connectivity index (χ0n) is 17.8. The smallest absolute Gasteiger partial charge is 0.163 e. The number of ketones is 3. The molecule has 0 aromatic carbocycles. The quantitative estimate of drug-likeness (QED) is 0.637. The Balaban J connectivity index is 1.78. The zero-order chi connectivity index (χ0) is 20.4. The van der Waals surface area contributed by atoms with Crippen LogP contribution in [0.4, 0.5) is 0 Å². The van der Waals surface area contributed by atoms with Crippen LogP contribution in [0.3, 0.4) is 0 Å². The van der Waals surface area contributed by atoms with Crippen LogP contribution in [-0.4, -0.2) is 35.3 Å². The Morgan fingerprint density at radius 3 is 2.36 bits per heavy atom. The topological polar surface area (TPSA) is 69.7 Å². The van der Waals surface area contributed by atoms with Crippen molar-refractivity contribution in [3.8, 4) is 0 Å². The Morgan fingerprint density at radius 1 is 1.00 bits per heavy atom. The number of hydrogen-bond donors (Lipinski definition) is 0. The van der Waals surface area contributed by atoms with E-state index < -0.39 is 22.5 Å². The summed E-state index contributed by atoms with van der Waals surface area (Å²) in [4.78, 5) is 40.7. The number of fused-ring (bicyclic) bond motifs is 2. The van der Waals surface area contributed by atoms with Crippen LogP contribution in [0.2, 0.25) is 0 Å². The van der Waals surface area contributed by atoms with E-state index in [9.17, 15) is 14.4 Å². The standard InChI is InChI=1S/C23H32O5/c1-11-12-9-13(24)17-22(6)14(20(2,3)8-7-15(22)25)10-16-23(17,18(11)26)19(12)28-21(4,5)27-16/h11-12,14,16-17,19H,7-10H2,1-6H3/t11-,12-,14+,16-,17+,19-,22+,23-/m1/s1. The molecule has 1 spiro atoms. The molecule has 0 aromatic rings. The van der Waals surface area contributed by atoms with E-state index in [4.69, 9.17) is 9.47 Å². The van der Waals surface area contributed by atoms with Gasteiger partial charge in [0.1, 0.15) is 17.3 Å². The van der Waals surface area contributed by atoms with E-state index in [1.807, 2.05) is 27.7 Å². The van der Waals surface area contributed by atoms with Crippen LogP contribution in [0.15, 0.2) is 0 Å². The van der Waals surface area contributed by atoms with Crippen LogP contribution in [-0.2, 0) is 23.9 Å². The maximum atomic E-state index is 13.8. The molecule has 28 heavy (non-hydrogen) atoms. The molecule has 0 N–H and O–H groups in total. The van der Waals surface area contributed by atoms with E-state index >= 15 is 0 Å². The summed E-state index contributed by atoms with van der Waals surface area (Å²) in [5.41, 5.74) is -1.88. The SMILES string of the molecule is C[C@H]1C(=O)[C@@]23[C@@H]4OC(C)(C)O[C@@H]2C[C@H]2C(C)(C)CCC(=O)[C@@]2(C)[C@@H]3C(=O)C[C@@H]41. The highest BCUT2D eigenvalue weighted by molar-refractivity contribution is 6.04. The summed E-state index contributed by atoms with van der Waals surface area (Å²) >= 11 is 0. The molecule has 0 radical (unpaired) electrons. The van der Waals surface area contributed by atoms with Crippen molar-refractivity contribution in [2.24, 2.45) is 39.9 Å². The first kappa shape index (κ1) is 18.9. The second kappa shape index (κ2) is 5.15. The molecule has 2 bridgehead atoms. The summed E-state index contributed by atoms with van der Waals surface area (Å²) in [6.45, 7) is 12.1. The van der Waals surface area contributed by atoms with E-state index in [1.165, 1.54) is 0 Å². The normalized spacial score (nSPS) is 53.6. The predicted octanol–water partition coefficient (Wildman–Crippen LogP) is 3.33. The van der Waals surface area contributed by atoms with Gasteiger partial charge in [-0.25, -0.2) is 0 Å². The van der Waals surface area contributed by atoms with Gasteiger partial charge in [0, 0.05) is 36.0 Å². The van der Waals surface area contributed by atoms with E-state index in [2.05, 4.69) is 13.8 Å². The maximum Gasteiger partial charge on any atom is 0.163 e. The van der Waals surface area contributed by atoms with E-state index in [0.29, 0.717) is 19.3 Å². The highest BCUT2D eigenvalue weighted by Gasteiger charge is 2.81. The monoisotopic (exact) mass is 388 g/mol. The van der Waals surface area contributed by atoms with Crippen LogP contribution in [0.5, 0.6) is 0 Å². The van der Waals surface area contributed by atoms with E-state index in [1.54, 1.807) is 0 Å². The van der Waals surface area contributed by atoms with Gasteiger partial charge >= 0.3 is 0 Å². The highest BCUT2D eigenvalue weighted by Crippen LogP contribution is 2.72. The van der Waals surface area contributed by atoms with Gasteiger partial charge in [-0.2, -0.15) is 0 Å². The molecular weight excluding hydrogens is 356 g/mol. The van der Waals surface area contributed by atoms with Crippen molar-refractivity contribution >= 4 is 17.3 Å². The largest absolute Gasteiger partial charge is 0.346 e. The summed E-state index contributed by atoms with van der Waals surface area (Å²) in [7, 11) is 0. The molecule has 5 aliphatic rings. The minimum absolute atomic E-state index is 0.0284. The summed E-state index contributed by atoms with van der Waals surface area (Å²) < 4.78 is 12.8. The molecule has 0 unspecified atom stereocenters. The van der Waals surface area contributed by atoms with Crippen LogP contribution < -0.4 is 0 Å². The van der Waals surface area contributed by atoms with Crippen LogP contribution in [0.1, 0.15) is 67.2 Å². The van der Waals surface area contributed by atoms with Crippen molar-refractivity contribution in [1.82, 2.24) is 0 Å². The minimum atomic E-state index is -0.997. The lowest BCUT2D eigenvalue weighted by Gasteiger charge is -2.67. The average Bonchev–Trinajstić information content (AvgIpc) is 2.72. The van der Waals surface area contributed by atoms with Crippen molar-refractivity contribution in [1.29, 1.82) is 0 Å². The molecule has 4 saturated carbocycles. The second-order valence-electron chi connectivity index (χ2n) is 11.4. The van der Waals surface area contributed by atoms with Gasteiger partial charge in [0.2, 0.25) is 0 Å². The Morgan fingerprint density at radius 2 is 1.68 bits per heavy atom. The van der Waals surface area contributed by atoms with Crippen molar-refractivity contribution in [3.05, 3.63) is 0 Å². The Kier molecular flexibility index (Phi) is 3.48. The van der Waals surface area contributed by atoms with Gasteiger partial charge in [0.05, 0.1) is 17.6 Å². The third-order valence-corrected chi connectivity index (χ3v) is 9.26. The molecule has 0 aromatic heterocycles. The third-order valence-electron chi connectivity index (χ3n) is 9.26. The fourth-order valence-corrected chi connectivity index (χ4v) is 8.14. The summed E-state index contributed by atoms with van der Waals surface area (Å²) in [6, 6.07) is 0. The van der Waals surface area contributed by atoms with Crippen LogP contribution in [0, 0.1) is 39.9 Å². The molecule has 154 valence electrons. The van der Waals surface area contributed by atoms with Crippen molar-refractivity contribution in [3.63, 3.8) is 0 Å². The third kappa shape index (κ3) is 1.89. The summed E-state index contributed by atoms with van der Waals surface area (Å²) in [5.74, 6) is -1.39. The second-order valence-corrected chi connectivity index (χ2v) is 11.4. The van der Waals surface area contributed by atoms with Gasteiger partial charge < -0.3 is 9.47 Å². The Hall–Kier alpha value is -1.07. The molecule has 1 heterocycles. The molecule has 1 aliphatic heterocycles. The van der Waals surface area contributed by atoms with Gasteiger partial charge in [-0.3, -0.25) is 14.4 Å². The summed E-state index contributed by atoms with van der Waals surface area (Å²) in [5, 5.41) is 0. The molecule has 5 fully saturated rings. The average molecular weight is 389 g/mol. The van der Waals surface area contributed by atoms with Crippen molar-refractivity contribution in [2.45, 2.75) is 85.2 Å². The number of carbonyl (C=O) groups is 3. The molecule has 8 atom stereocenters. The van der Waals surface area contributed by atoms with E-state index in [0.717, 1.165) is 6.42 Å². The summed E-state index contributed by atoms with van der Waals surface area (Å²) in [6.07, 6.45) is 1.59. The van der Waals surface area contributed by atoms with Crippen molar-refractivity contribution < 1.29 is 23.9 Å². The van der Waals surface area contributed by atoms with Gasteiger partial charge in [-0.15, -0.1) is 0 Å². The first-order valence-electron chi connectivity index (χ1n) is 10.8. The first-order chi connectivity index (χ1) is 12.9. The van der Waals surface area contributed by atoms with Crippen LogP contribution in [0.25, 0.3) is 0 Å². The minimum Gasteiger partial charge on any atom is -0.346 e. The fourth-order valence-electron chi connectivity index (χ4n) is 8.14. The zero-order valence-corrected chi connectivity index (χ0v) is 17.8. The lowest BCUT2D eigenvalue weighted by atomic mass is 9.39. The number of ether oxygens (including phenoxy) is 2. The van der Waals surface area contributed by atoms with Crippen molar-refractivity contribution in [2.75, 3.05) is 0 Å². The Bertz CT molecular complexity index is 797. The van der Waals surface area contributed by atoms with Gasteiger partial charge in [0.25, 0.3) is 0 Å². The predicted molar refractivity (Wildman–Crippen MR) is 101 cm³/mol. The number of rotatable bonds is 0. The Labute approximate surface area is 166 Å². The first-order valence-corrected chi connectivity index (χ1v) is 10.8. The molecule has 5 nitrogen and oxygen atoms in total. The molecule has 1 saturated heterocycles. The van der Waals surface area contributed by atoms with E-state index in [-0.39, 0.29) is 52.7 Å². The molecular formula is C23H32O5. The van der Waals surface area contributed by atoms with Gasteiger partial charge in [-0.05, 0) is 38.0 Å². The molecule has 4 aliphatic carbocycles. The number of carbonyl (C=O) groups excluding carboxylic acids is 3. The lowest BCUT2D eigenvalue weighted by molar-refractivity contribution is -0.370. The molecule has 5 heteroatoms. The molecule has 5 rings (SSSR count). The lowest BCUT2D eigenvalue weighted by Crippen LogP contribution is -2.75. The fraction of sp³-hybridized carbons (Fsp3) is 0.870. The maximum absolute atomic E-state index is 13.8. The number of Topliss-reactive ketones (excluding diaryl/α,β-unsaturated/α-hetero) is 3. The van der Waals surface area contributed by atoms with Gasteiger partial charge in [0.15, 0.2) is 5.79 Å².